The highest BCUT2D eigenvalue weighted by Crippen LogP contribution is 2.46. The first-order chi connectivity index (χ1) is 13.0. The van der Waals surface area contributed by atoms with E-state index in [2.05, 4.69) is 0 Å². The van der Waals surface area contributed by atoms with Crippen LogP contribution in [0.15, 0.2) is 45.2 Å². The number of fused-ring (bicyclic) bond motifs is 10. The largest absolute Gasteiger partial charge is 0.508 e. The minimum Gasteiger partial charge on any atom is -0.508 e. The first-order valence-electron chi connectivity index (χ1n) is 8.06. The number of rotatable bonds is 0. The van der Waals surface area contributed by atoms with Crippen molar-refractivity contribution in [1.82, 2.24) is 0 Å². The van der Waals surface area contributed by atoms with Crippen LogP contribution in [0.4, 0.5) is 0 Å². The summed E-state index contributed by atoms with van der Waals surface area (Å²) in [4.78, 5) is 24.6. The van der Waals surface area contributed by atoms with Crippen LogP contribution in [0.25, 0.3) is 43.9 Å². The van der Waals surface area contributed by atoms with Gasteiger partial charge in [0.2, 0.25) is 0 Å². The van der Waals surface area contributed by atoms with Gasteiger partial charge in [0.05, 0.1) is 0 Å². The molecule has 0 fully saturated rings. The number of esters is 2. The Kier molecular flexibility index (Phi) is 2.31. The molecule has 0 atom stereocenters. The van der Waals surface area contributed by atoms with E-state index in [1.54, 1.807) is 12.1 Å². The Morgan fingerprint density at radius 1 is 0.667 bits per heavy atom. The summed E-state index contributed by atoms with van der Waals surface area (Å²) >= 11 is 0. The van der Waals surface area contributed by atoms with Crippen LogP contribution in [0.2, 0.25) is 0 Å². The molecule has 0 saturated heterocycles. The van der Waals surface area contributed by atoms with Crippen LogP contribution in [-0.2, 0) is 4.74 Å². The average molecular weight is 360 g/mol. The van der Waals surface area contributed by atoms with Crippen LogP contribution in [0.3, 0.4) is 0 Å². The number of phenolic OH excluding ortho intramolecular Hbond substituents is 2. The number of ether oxygens (including phenoxy) is 1. The Morgan fingerprint density at radius 2 is 1.11 bits per heavy atom. The number of furan rings is 2. The topological polar surface area (TPSA) is 110 Å². The molecule has 3 heterocycles. The van der Waals surface area contributed by atoms with Crippen LogP contribution >= 0.6 is 0 Å². The van der Waals surface area contributed by atoms with E-state index in [1.165, 1.54) is 24.3 Å². The smallest absolute Gasteiger partial charge is 0.350 e. The molecular formula is C20H8O7. The molecule has 0 unspecified atom stereocenters. The molecule has 0 radical (unpaired) electrons. The van der Waals surface area contributed by atoms with Gasteiger partial charge in [-0.3, -0.25) is 0 Å². The number of cyclic esters (lactones) is 2. The SMILES string of the molecule is O=C1OC(=O)c2c1c1oc3cc(O)ccc3c1c1c2oc2cc(O)ccc21. The lowest BCUT2D eigenvalue weighted by molar-refractivity contribution is 0.0444. The average Bonchev–Trinajstić information content (AvgIpc) is 3.24. The van der Waals surface area contributed by atoms with E-state index >= 15 is 0 Å². The number of benzene rings is 3. The van der Waals surface area contributed by atoms with Gasteiger partial charge in [0.15, 0.2) is 11.2 Å². The second-order valence-corrected chi connectivity index (χ2v) is 6.40. The Morgan fingerprint density at radius 3 is 1.56 bits per heavy atom. The normalized spacial score (nSPS) is 13.9. The van der Waals surface area contributed by atoms with Crippen molar-refractivity contribution >= 4 is 55.8 Å². The Labute approximate surface area is 148 Å². The van der Waals surface area contributed by atoms with E-state index in [-0.39, 0.29) is 33.8 Å². The number of aromatic hydroxyl groups is 2. The van der Waals surface area contributed by atoms with Crippen LogP contribution in [0.1, 0.15) is 20.7 Å². The molecule has 0 aliphatic carbocycles. The number of hydrogen-bond acceptors (Lipinski definition) is 7. The van der Waals surface area contributed by atoms with E-state index < -0.39 is 11.9 Å². The van der Waals surface area contributed by atoms with Gasteiger partial charge < -0.3 is 23.8 Å². The highest BCUT2D eigenvalue weighted by Gasteiger charge is 2.39. The standard InChI is InChI=1S/C20H8O7/c21-7-1-3-9-11(5-7)25-17-13(9)14-10-4-2-8(22)6-12(10)26-18(14)16-15(17)19(23)27-20(16)24/h1-6,21-22H. The lowest BCUT2D eigenvalue weighted by atomic mass is 9.98. The minimum atomic E-state index is -0.812. The summed E-state index contributed by atoms with van der Waals surface area (Å²) in [6.45, 7) is 0. The van der Waals surface area contributed by atoms with Crippen molar-refractivity contribution in [2.24, 2.45) is 0 Å². The lowest BCUT2D eigenvalue weighted by Gasteiger charge is -1.98. The lowest BCUT2D eigenvalue weighted by Crippen LogP contribution is -1.97. The number of hydrogen-bond donors (Lipinski definition) is 2. The van der Waals surface area contributed by atoms with Crippen LogP contribution in [-0.4, -0.2) is 22.2 Å². The van der Waals surface area contributed by atoms with Gasteiger partial charge in [-0.25, -0.2) is 9.59 Å². The predicted octanol–water partition coefficient (Wildman–Crippen LogP) is 4.21. The van der Waals surface area contributed by atoms with Crippen LogP contribution in [0, 0.1) is 0 Å². The van der Waals surface area contributed by atoms with Crippen LogP contribution < -0.4 is 0 Å². The number of carbonyl (C=O) groups is 2. The van der Waals surface area contributed by atoms with Gasteiger partial charge in [-0.1, -0.05) is 0 Å². The zero-order chi connectivity index (χ0) is 18.4. The summed E-state index contributed by atoms with van der Waals surface area (Å²) in [5.74, 6) is -1.60. The zero-order valence-corrected chi connectivity index (χ0v) is 13.4. The molecular weight excluding hydrogens is 352 g/mol. The third-order valence-corrected chi connectivity index (χ3v) is 4.89. The second kappa shape index (κ2) is 4.39. The van der Waals surface area contributed by atoms with Crippen molar-refractivity contribution < 1.29 is 33.4 Å². The van der Waals surface area contributed by atoms with E-state index in [1.807, 2.05) is 0 Å². The molecule has 130 valence electrons. The first kappa shape index (κ1) is 14.2. The molecule has 1 aliphatic heterocycles. The summed E-state index contributed by atoms with van der Waals surface area (Å²) in [5.41, 5.74) is 1.12. The van der Waals surface area contributed by atoms with E-state index in [0.717, 1.165) is 0 Å². The summed E-state index contributed by atoms with van der Waals surface area (Å²) in [6, 6.07) is 9.22. The maximum absolute atomic E-state index is 12.3. The van der Waals surface area contributed by atoms with Gasteiger partial charge in [0, 0.05) is 33.7 Å². The quantitative estimate of drug-likeness (QED) is 0.314. The second-order valence-electron chi connectivity index (χ2n) is 6.40. The van der Waals surface area contributed by atoms with Crippen molar-refractivity contribution in [3.8, 4) is 11.5 Å². The number of phenols is 2. The molecule has 0 amide bonds. The van der Waals surface area contributed by atoms with Gasteiger partial charge in [-0.05, 0) is 24.3 Å². The Hall–Kier alpha value is -4.00. The fourth-order valence-electron chi connectivity index (χ4n) is 3.82. The molecule has 5 aromatic rings. The van der Waals surface area contributed by atoms with Gasteiger partial charge in [-0.2, -0.15) is 0 Å². The van der Waals surface area contributed by atoms with Gasteiger partial charge in [0.1, 0.15) is 33.8 Å². The fraction of sp³-hybridized carbons (Fsp3) is 0. The molecule has 7 nitrogen and oxygen atoms in total. The molecule has 3 aromatic carbocycles. The van der Waals surface area contributed by atoms with Gasteiger partial charge in [-0.15, -0.1) is 0 Å². The fourth-order valence-corrected chi connectivity index (χ4v) is 3.82. The van der Waals surface area contributed by atoms with Crippen molar-refractivity contribution in [3.05, 3.63) is 47.5 Å². The summed E-state index contributed by atoms with van der Waals surface area (Å²) < 4.78 is 16.5. The highest BCUT2D eigenvalue weighted by atomic mass is 16.6. The van der Waals surface area contributed by atoms with E-state index in [9.17, 15) is 19.8 Å². The zero-order valence-electron chi connectivity index (χ0n) is 13.4. The first-order valence-corrected chi connectivity index (χ1v) is 8.06. The highest BCUT2D eigenvalue weighted by molar-refractivity contribution is 6.35. The molecule has 0 saturated carbocycles. The summed E-state index contributed by atoms with van der Waals surface area (Å²) in [6.07, 6.45) is 0. The Bertz CT molecular complexity index is 1390. The van der Waals surface area contributed by atoms with Crippen molar-refractivity contribution in [2.75, 3.05) is 0 Å². The van der Waals surface area contributed by atoms with Crippen molar-refractivity contribution in [2.45, 2.75) is 0 Å². The van der Waals surface area contributed by atoms with Crippen molar-refractivity contribution in [1.29, 1.82) is 0 Å². The van der Waals surface area contributed by atoms with E-state index in [0.29, 0.717) is 32.7 Å². The molecule has 27 heavy (non-hydrogen) atoms. The minimum absolute atomic E-state index is 0.00136. The molecule has 7 heteroatoms. The predicted molar refractivity (Wildman–Crippen MR) is 94.1 cm³/mol. The molecule has 0 bridgehead atoms. The molecule has 2 aromatic heterocycles. The molecule has 6 rings (SSSR count). The van der Waals surface area contributed by atoms with Gasteiger partial charge >= 0.3 is 11.9 Å². The van der Waals surface area contributed by atoms with Crippen molar-refractivity contribution in [3.63, 3.8) is 0 Å². The molecule has 1 aliphatic rings. The van der Waals surface area contributed by atoms with Gasteiger partial charge in [0.25, 0.3) is 0 Å². The van der Waals surface area contributed by atoms with E-state index in [4.69, 9.17) is 13.6 Å². The third-order valence-electron chi connectivity index (χ3n) is 4.89. The Balaban J connectivity index is 2.00. The molecule has 2 N–H and O–H groups in total. The molecule has 0 spiro atoms. The summed E-state index contributed by atoms with van der Waals surface area (Å²) in [5, 5.41) is 22.0. The summed E-state index contributed by atoms with van der Waals surface area (Å²) in [7, 11) is 0. The monoisotopic (exact) mass is 360 g/mol. The van der Waals surface area contributed by atoms with Crippen LogP contribution in [0.5, 0.6) is 11.5 Å². The maximum Gasteiger partial charge on any atom is 0.350 e. The third kappa shape index (κ3) is 1.61. The maximum atomic E-state index is 12.3. The number of carbonyl (C=O) groups excluding carboxylic acids is 2.